The normalized spacial score (nSPS) is 21.1. The van der Waals surface area contributed by atoms with Crippen molar-refractivity contribution in [1.29, 1.82) is 0 Å². The van der Waals surface area contributed by atoms with Gasteiger partial charge in [0.25, 0.3) is 10.1 Å². The third-order valence-corrected chi connectivity index (χ3v) is 11.1. The van der Waals surface area contributed by atoms with Crippen LogP contribution in [-0.4, -0.2) is 122 Å². The number of piperazine rings is 1. The Labute approximate surface area is 281 Å². The van der Waals surface area contributed by atoms with Crippen LogP contribution < -0.4 is 4.90 Å². The highest BCUT2D eigenvalue weighted by atomic mass is 35.5. The molecule has 47 heavy (non-hydrogen) atoms. The third-order valence-electron chi connectivity index (χ3n) is 9.02. The van der Waals surface area contributed by atoms with Gasteiger partial charge in [-0.25, -0.2) is 8.42 Å². The lowest BCUT2D eigenvalue weighted by Crippen LogP contribution is -2.62. The maximum atomic E-state index is 13.9. The molecule has 12 nitrogen and oxygen atoms in total. The van der Waals surface area contributed by atoms with Gasteiger partial charge in [0.1, 0.15) is 0 Å². The molecule has 3 aliphatic heterocycles. The van der Waals surface area contributed by atoms with Crippen molar-refractivity contribution < 1.29 is 31.3 Å². The van der Waals surface area contributed by atoms with Crippen LogP contribution in [0, 0.1) is 5.92 Å². The Bertz CT molecular complexity index is 1740. The fourth-order valence-corrected chi connectivity index (χ4v) is 8.19. The molecule has 0 bridgehead atoms. The maximum Gasteiger partial charge on any atom is 0.261 e. The topological polar surface area (TPSA) is 152 Å². The number of aliphatic hydroxyl groups is 1. The lowest BCUT2D eigenvalue weighted by molar-refractivity contribution is -0.139. The molecule has 3 aromatic rings. The first kappa shape index (κ1) is 35.5. The average molecular weight is 708 g/mol. The van der Waals surface area contributed by atoms with E-state index in [4.69, 9.17) is 16.2 Å². The number of carbonyl (C=O) groups excluding carboxylic acids is 1. The predicted molar refractivity (Wildman–Crippen MR) is 182 cm³/mol. The number of nitrogens with zero attached hydrogens (tertiary/aromatic N) is 5. The van der Waals surface area contributed by atoms with E-state index in [1.165, 1.54) is 9.99 Å². The molecule has 2 N–H and O–H groups in total. The fourth-order valence-electron chi connectivity index (χ4n) is 6.54. The number of likely N-dealkylation sites (tertiary alicyclic amines) is 1. The van der Waals surface area contributed by atoms with Crippen molar-refractivity contribution in [3.63, 3.8) is 0 Å². The van der Waals surface area contributed by atoms with Gasteiger partial charge in [0.15, 0.2) is 0 Å². The Kier molecular flexibility index (Phi) is 11.4. The van der Waals surface area contributed by atoms with Crippen LogP contribution in [0.2, 0.25) is 5.02 Å². The van der Waals surface area contributed by atoms with E-state index in [1.54, 1.807) is 24.3 Å². The number of aliphatic hydroxyl groups excluding tert-OH is 1. The van der Waals surface area contributed by atoms with Gasteiger partial charge in [0, 0.05) is 68.9 Å². The number of amides is 1. The van der Waals surface area contributed by atoms with Crippen LogP contribution in [-0.2, 0) is 24.9 Å². The van der Waals surface area contributed by atoms with E-state index in [0.717, 1.165) is 49.8 Å². The Hall–Kier alpha value is -2.85. The van der Waals surface area contributed by atoms with Crippen LogP contribution in [0.5, 0.6) is 0 Å². The minimum absolute atomic E-state index is 0.143. The number of fused-ring (bicyclic) bond motifs is 1. The highest BCUT2D eigenvalue weighted by Gasteiger charge is 2.40. The smallest absolute Gasteiger partial charge is 0.261 e. The summed E-state index contributed by atoms with van der Waals surface area (Å²) in [5.41, 5.74) is 1.17. The van der Waals surface area contributed by atoms with E-state index in [1.807, 2.05) is 41.6 Å². The van der Waals surface area contributed by atoms with Gasteiger partial charge in [-0.1, -0.05) is 23.7 Å². The van der Waals surface area contributed by atoms with Gasteiger partial charge >= 0.3 is 0 Å². The lowest BCUT2D eigenvalue weighted by atomic mass is 9.94. The molecule has 3 aliphatic rings. The Balaban J connectivity index is 0.000000807. The second-order valence-corrected chi connectivity index (χ2v) is 16.4. The second-order valence-electron chi connectivity index (χ2n) is 12.6. The zero-order valence-corrected chi connectivity index (χ0v) is 28.7. The summed E-state index contributed by atoms with van der Waals surface area (Å²) in [4.78, 5) is 24.6. The van der Waals surface area contributed by atoms with Gasteiger partial charge in [-0.2, -0.15) is 12.7 Å². The Morgan fingerprint density at radius 1 is 0.872 bits per heavy atom. The molecular weight excluding hydrogens is 666 g/mol. The summed E-state index contributed by atoms with van der Waals surface area (Å²) in [7, 11) is -7.56. The van der Waals surface area contributed by atoms with Gasteiger partial charge in [0.05, 0.1) is 29.8 Å². The summed E-state index contributed by atoms with van der Waals surface area (Å²) >= 11 is 6.12. The summed E-state index contributed by atoms with van der Waals surface area (Å²) in [6.07, 6.45) is 7.36. The number of benzene rings is 2. The molecule has 1 aromatic heterocycles. The van der Waals surface area contributed by atoms with Crippen molar-refractivity contribution in [2.45, 2.75) is 42.7 Å². The number of halogens is 1. The SMILES string of the molecule is CS(=O)(=O)O.O=C1CN(S(=O)(=O)c2ccc3cc(Cl)ccc3c2)CC(CN2CCC(O)CC2)N1CC1CCN(c2ccncc2)CC1. The molecule has 1 atom stereocenters. The fraction of sp³-hybridized carbons (Fsp3) is 0.500. The highest BCUT2D eigenvalue weighted by Crippen LogP contribution is 2.29. The van der Waals surface area contributed by atoms with Gasteiger partial charge < -0.3 is 19.8 Å². The van der Waals surface area contributed by atoms with Crippen molar-refractivity contribution >= 4 is 54.1 Å². The molecule has 4 heterocycles. The van der Waals surface area contributed by atoms with Crippen molar-refractivity contribution in [1.82, 2.24) is 19.1 Å². The quantitative estimate of drug-likeness (QED) is 0.351. The highest BCUT2D eigenvalue weighted by molar-refractivity contribution is 7.89. The largest absolute Gasteiger partial charge is 0.393 e. The number of pyridine rings is 1. The Morgan fingerprint density at radius 3 is 2.15 bits per heavy atom. The lowest BCUT2D eigenvalue weighted by Gasteiger charge is -2.45. The van der Waals surface area contributed by atoms with Gasteiger partial charge in [-0.3, -0.25) is 14.3 Å². The number of sulfonamides is 1. The molecule has 2 aromatic carbocycles. The molecule has 0 radical (unpaired) electrons. The number of piperidine rings is 2. The number of carbonyl (C=O) groups is 1. The predicted octanol–water partition coefficient (Wildman–Crippen LogP) is 2.97. The Morgan fingerprint density at radius 2 is 1.49 bits per heavy atom. The van der Waals surface area contributed by atoms with E-state index in [2.05, 4.69) is 14.8 Å². The molecule has 0 aliphatic carbocycles. The summed E-state index contributed by atoms with van der Waals surface area (Å²) in [5.74, 6) is 0.212. The third kappa shape index (κ3) is 9.62. The van der Waals surface area contributed by atoms with Crippen LogP contribution in [0.4, 0.5) is 5.69 Å². The van der Waals surface area contributed by atoms with Crippen LogP contribution >= 0.6 is 11.6 Å². The number of hydrogen-bond acceptors (Lipinski definition) is 9. The van der Waals surface area contributed by atoms with Crippen molar-refractivity contribution in [2.24, 2.45) is 5.92 Å². The molecule has 0 spiro atoms. The molecule has 0 saturated carbocycles. The summed E-state index contributed by atoms with van der Waals surface area (Å²) in [6.45, 7) is 4.63. The number of hydrogen-bond donors (Lipinski definition) is 2. The maximum absolute atomic E-state index is 13.9. The first-order chi connectivity index (χ1) is 22.3. The molecule has 3 fully saturated rings. The molecule has 6 rings (SSSR count). The van der Waals surface area contributed by atoms with E-state index >= 15 is 0 Å². The molecular formula is C32H42ClN5O7S2. The molecule has 1 unspecified atom stereocenters. The first-order valence-electron chi connectivity index (χ1n) is 15.7. The van der Waals surface area contributed by atoms with Gasteiger partial charge in [0.2, 0.25) is 15.9 Å². The number of anilines is 1. The molecule has 3 saturated heterocycles. The average Bonchev–Trinajstić information content (AvgIpc) is 3.03. The molecule has 256 valence electrons. The van der Waals surface area contributed by atoms with Crippen LogP contribution in [0.1, 0.15) is 25.7 Å². The zero-order valence-electron chi connectivity index (χ0n) is 26.4. The summed E-state index contributed by atoms with van der Waals surface area (Å²) in [5, 5.41) is 12.3. The van der Waals surface area contributed by atoms with Gasteiger partial charge in [-0.05, 0) is 78.8 Å². The van der Waals surface area contributed by atoms with E-state index in [9.17, 15) is 26.7 Å². The van der Waals surface area contributed by atoms with Crippen molar-refractivity contribution in [2.75, 3.05) is 63.5 Å². The minimum atomic E-state index is -3.89. The monoisotopic (exact) mass is 707 g/mol. The number of aromatic nitrogens is 1. The van der Waals surface area contributed by atoms with Crippen LogP contribution in [0.3, 0.4) is 0 Å². The zero-order chi connectivity index (χ0) is 33.8. The minimum Gasteiger partial charge on any atom is -0.393 e. The second kappa shape index (κ2) is 15.1. The summed E-state index contributed by atoms with van der Waals surface area (Å²) < 4.78 is 55.0. The van der Waals surface area contributed by atoms with E-state index < -0.39 is 20.1 Å². The van der Waals surface area contributed by atoms with Gasteiger partial charge in [-0.15, -0.1) is 0 Å². The van der Waals surface area contributed by atoms with Crippen molar-refractivity contribution in [3.8, 4) is 0 Å². The molecule has 15 heteroatoms. The summed E-state index contributed by atoms with van der Waals surface area (Å²) in [6, 6.07) is 14.2. The first-order valence-corrected chi connectivity index (χ1v) is 19.4. The van der Waals surface area contributed by atoms with Crippen molar-refractivity contribution in [3.05, 3.63) is 65.9 Å². The van der Waals surface area contributed by atoms with Crippen LogP contribution in [0.15, 0.2) is 65.8 Å². The number of rotatable bonds is 7. The standard InChI is InChI=1S/C31H38ClN5O4S.CH4O3S/c32-26-3-1-25-18-30(4-2-24(25)17-26)42(40,41)36-21-28(20-34-13-9-29(38)10-14-34)37(31(39)22-36)19-23-7-15-35(16-8-23)27-5-11-33-12-6-27;1-5(2,3)4/h1-6,11-12,17-18,23,28-29,38H,7-10,13-16,19-22H2;1H3,(H,2,3,4). The van der Waals surface area contributed by atoms with E-state index in [-0.39, 0.29) is 36.0 Å². The molecule has 1 amide bonds. The van der Waals surface area contributed by atoms with E-state index in [0.29, 0.717) is 43.1 Å². The van der Waals surface area contributed by atoms with Crippen LogP contribution in [0.25, 0.3) is 10.8 Å².